The van der Waals surface area contributed by atoms with Gasteiger partial charge in [0, 0.05) is 58.9 Å². The molecular formula is C29H54N4O8. The lowest BCUT2D eigenvalue weighted by atomic mass is 10.2. The van der Waals surface area contributed by atoms with Gasteiger partial charge in [-0.05, 0) is 62.3 Å². The molecule has 1 heterocycles. The van der Waals surface area contributed by atoms with Crippen LogP contribution in [0.15, 0.2) is 0 Å². The molecule has 1 aliphatic rings. The van der Waals surface area contributed by atoms with Gasteiger partial charge < -0.3 is 24.2 Å². The van der Waals surface area contributed by atoms with Crippen LogP contribution in [0.2, 0.25) is 0 Å². The molecule has 12 nitrogen and oxygen atoms in total. The first-order valence-corrected chi connectivity index (χ1v) is 14.5. The Hall–Kier alpha value is -2.28. The van der Waals surface area contributed by atoms with E-state index in [0.717, 1.165) is 0 Å². The third-order valence-electron chi connectivity index (χ3n) is 5.89. The zero-order chi connectivity index (χ0) is 31.4. The monoisotopic (exact) mass is 586 g/mol. The minimum absolute atomic E-state index is 0.0121. The van der Waals surface area contributed by atoms with Gasteiger partial charge in [-0.3, -0.25) is 33.9 Å². The fraction of sp³-hybridized carbons (Fsp3) is 0.862. The fourth-order valence-corrected chi connectivity index (χ4v) is 4.20. The Kier molecular flexibility index (Phi) is 14.7. The highest BCUT2D eigenvalue weighted by Crippen LogP contribution is 2.11. The number of carboxylic acid groups (broad SMARTS) is 1. The fourth-order valence-electron chi connectivity index (χ4n) is 4.20. The SMILES string of the molecule is CC(C)(C)OC(=O)CN1CCN(CCC(=O)O)CCN(CC(=O)OC(C)(C)C)CCN(CC(=O)OC(C)(C)C)CC1. The molecule has 0 atom stereocenters. The van der Waals surface area contributed by atoms with E-state index in [4.69, 9.17) is 14.2 Å². The first kappa shape index (κ1) is 36.7. The zero-order valence-electron chi connectivity index (χ0n) is 26.8. The average Bonchev–Trinajstić information content (AvgIpc) is 2.74. The number of hydrogen-bond donors (Lipinski definition) is 1. The van der Waals surface area contributed by atoms with Crippen LogP contribution in [0.3, 0.4) is 0 Å². The van der Waals surface area contributed by atoms with Crippen LogP contribution in [0.5, 0.6) is 0 Å². The van der Waals surface area contributed by atoms with Crippen molar-refractivity contribution < 1.29 is 38.5 Å². The van der Waals surface area contributed by atoms with Gasteiger partial charge >= 0.3 is 23.9 Å². The van der Waals surface area contributed by atoms with Crippen molar-refractivity contribution in [1.29, 1.82) is 0 Å². The topological polar surface area (TPSA) is 129 Å². The molecular weight excluding hydrogens is 532 g/mol. The van der Waals surface area contributed by atoms with Crippen molar-refractivity contribution in [2.75, 3.05) is 78.5 Å². The Labute approximate surface area is 246 Å². The molecule has 1 rings (SSSR count). The number of hydrogen-bond acceptors (Lipinski definition) is 11. The molecule has 0 saturated carbocycles. The van der Waals surface area contributed by atoms with Gasteiger partial charge in [0.25, 0.3) is 0 Å². The maximum absolute atomic E-state index is 12.7. The number of carboxylic acids is 1. The summed E-state index contributed by atoms with van der Waals surface area (Å²) in [6.45, 7) is 21.0. The van der Waals surface area contributed by atoms with E-state index in [9.17, 15) is 24.3 Å². The van der Waals surface area contributed by atoms with Crippen molar-refractivity contribution in [3.05, 3.63) is 0 Å². The molecule has 238 valence electrons. The van der Waals surface area contributed by atoms with Crippen molar-refractivity contribution in [2.45, 2.75) is 85.5 Å². The third-order valence-corrected chi connectivity index (χ3v) is 5.89. The van der Waals surface area contributed by atoms with Gasteiger partial charge in [0.05, 0.1) is 26.1 Å². The second kappa shape index (κ2) is 16.4. The molecule has 1 N–H and O–H groups in total. The van der Waals surface area contributed by atoms with Crippen LogP contribution in [0.4, 0.5) is 0 Å². The molecule has 41 heavy (non-hydrogen) atoms. The first-order chi connectivity index (χ1) is 18.7. The van der Waals surface area contributed by atoms with Crippen LogP contribution in [0.25, 0.3) is 0 Å². The van der Waals surface area contributed by atoms with E-state index in [1.165, 1.54) is 0 Å². The van der Waals surface area contributed by atoms with Crippen molar-refractivity contribution in [1.82, 2.24) is 19.6 Å². The van der Waals surface area contributed by atoms with Crippen LogP contribution in [0.1, 0.15) is 68.7 Å². The smallest absolute Gasteiger partial charge is 0.320 e. The molecule has 0 aromatic heterocycles. The van der Waals surface area contributed by atoms with Gasteiger partial charge in [0.15, 0.2) is 0 Å². The number of rotatable bonds is 9. The van der Waals surface area contributed by atoms with Gasteiger partial charge in [-0.1, -0.05) is 0 Å². The predicted octanol–water partition coefficient (Wildman–Crippen LogP) is 1.71. The maximum Gasteiger partial charge on any atom is 0.320 e. The summed E-state index contributed by atoms with van der Waals surface area (Å²) in [4.78, 5) is 57.3. The summed E-state index contributed by atoms with van der Waals surface area (Å²) in [5.74, 6) is -1.92. The van der Waals surface area contributed by atoms with Crippen molar-refractivity contribution in [3.8, 4) is 0 Å². The summed E-state index contributed by atoms with van der Waals surface area (Å²) < 4.78 is 16.6. The Morgan fingerprint density at radius 1 is 0.512 bits per heavy atom. The standard InChI is InChI=1S/C29H54N4O8/c1-27(2,3)39-24(36)20-31-14-12-30(11-10-23(34)35)13-15-32(21-25(37)40-28(4,5)6)17-19-33(18-16-31)22-26(38)41-29(7,8)9/h10-22H2,1-9H3,(H,34,35). The predicted molar refractivity (Wildman–Crippen MR) is 156 cm³/mol. The molecule has 0 aliphatic carbocycles. The number of aliphatic carboxylic acids is 1. The Balaban J connectivity index is 3.14. The minimum atomic E-state index is -0.884. The summed E-state index contributed by atoms with van der Waals surface area (Å²) in [6.07, 6.45) is -0.0121. The Bertz CT molecular complexity index is 814. The second-order valence-corrected chi connectivity index (χ2v) is 13.6. The molecule has 0 amide bonds. The molecule has 1 aliphatic heterocycles. The highest BCUT2D eigenvalue weighted by atomic mass is 16.6. The van der Waals surface area contributed by atoms with E-state index in [2.05, 4.69) is 0 Å². The number of carbonyl (C=O) groups excluding carboxylic acids is 3. The largest absolute Gasteiger partial charge is 0.481 e. The van der Waals surface area contributed by atoms with Crippen LogP contribution in [0, 0.1) is 0 Å². The van der Waals surface area contributed by atoms with Gasteiger partial charge in [0.1, 0.15) is 16.8 Å². The van der Waals surface area contributed by atoms with Crippen LogP contribution < -0.4 is 0 Å². The van der Waals surface area contributed by atoms with Gasteiger partial charge in [-0.2, -0.15) is 0 Å². The van der Waals surface area contributed by atoms with Crippen molar-refractivity contribution in [3.63, 3.8) is 0 Å². The quantitative estimate of drug-likeness (QED) is 0.312. The molecule has 1 fully saturated rings. The third kappa shape index (κ3) is 19.5. The molecule has 0 unspecified atom stereocenters. The summed E-state index contributed by atoms with van der Waals surface area (Å²) in [7, 11) is 0. The summed E-state index contributed by atoms with van der Waals surface area (Å²) in [5, 5.41) is 9.27. The normalized spacial score (nSPS) is 18.2. The van der Waals surface area contributed by atoms with E-state index in [0.29, 0.717) is 58.9 Å². The van der Waals surface area contributed by atoms with Crippen molar-refractivity contribution >= 4 is 23.9 Å². The lowest BCUT2D eigenvalue weighted by molar-refractivity contribution is -0.158. The lowest BCUT2D eigenvalue weighted by Crippen LogP contribution is -2.49. The molecule has 1 saturated heterocycles. The van der Waals surface area contributed by atoms with Gasteiger partial charge in [-0.25, -0.2) is 0 Å². The number of nitrogens with zero attached hydrogens (tertiary/aromatic N) is 4. The number of carbonyl (C=O) groups is 4. The molecule has 0 radical (unpaired) electrons. The Morgan fingerprint density at radius 2 is 0.756 bits per heavy atom. The maximum atomic E-state index is 12.7. The van der Waals surface area contributed by atoms with Gasteiger partial charge in [0.2, 0.25) is 0 Å². The van der Waals surface area contributed by atoms with E-state index < -0.39 is 22.8 Å². The van der Waals surface area contributed by atoms with E-state index in [-0.39, 0.29) is 44.0 Å². The minimum Gasteiger partial charge on any atom is -0.481 e. The van der Waals surface area contributed by atoms with E-state index >= 15 is 0 Å². The average molecular weight is 587 g/mol. The van der Waals surface area contributed by atoms with Crippen molar-refractivity contribution in [2.24, 2.45) is 0 Å². The molecule has 0 spiro atoms. The number of ether oxygens (including phenoxy) is 3. The highest BCUT2D eigenvalue weighted by molar-refractivity contribution is 5.73. The summed E-state index contributed by atoms with van der Waals surface area (Å²) in [6, 6.07) is 0. The summed E-state index contributed by atoms with van der Waals surface area (Å²) in [5.41, 5.74) is -1.84. The molecule has 0 bridgehead atoms. The molecule has 0 aromatic rings. The van der Waals surface area contributed by atoms with Crippen LogP contribution in [-0.4, -0.2) is 144 Å². The summed E-state index contributed by atoms with van der Waals surface area (Å²) >= 11 is 0. The molecule has 0 aromatic carbocycles. The zero-order valence-corrected chi connectivity index (χ0v) is 26.8. The highest BCUT2D eigenvalue weighted by Gasteiger charge is 2.25. The second-order valence-electron chi connectivity index (χ2n) is 13.6. The Morgan fingerprint density at radius 3 is 0.976 bits per heavy atom. The molecule has 12 heteroatoms. The van der Waals surface area contributed by atoms with Crippen LogP contribution in [-0.2, 0) is 33.4 Å². The van der Waals surface area contributed by atoms with E-state index in [1.807, 2.05) is 81.9 Å². The van der Waals surface area contributed by atoms with E-state index in [1.54, 1.807) is 0 Å². The van der Waals surface area contributed by atoms with Gasteiger partial charge in [-0.15, -0.1) is 0 Å². The van der Waals surface area contributed by atoms with Crippen LogP contribution >= 0.6 is 0 Å². The lowest BCUT2D eigenvalue weighted by Gasteiger charge is -2.34. The first-order valence-electron chi connectivity index (χ1n) is 14.5. The number of esters is 3.